The molecule has 0 spiro atoms. The molecule has 0 unspecified atom stereocenters. The Kier molecular flexibility index (Phi) is 5.10. The minimum atomic E-state index is -0.417. The summed E-state index contributed by atoms with van der Waals surface area (Å²) < 4.78 is 18.1. The zero-order valence-electron chi connectivity index (χ0n) is 10.4. The number of benzene rings is 1. The summed E-state index contributed by atoms with van der Waals surface area (Å²) >= 11 is 0. The fraction of sp³-hybridized carbons (Fsp3) is 0.462. The summed E-state index contributed by atoms with van der Waals surface area (Å²) in [5, 5.41) is 3.01. The lowest BCUT2D eigenvalue weighted by atomic mass is 10.0. The molecular formula is C13H18FNO2. The highest BCUT2D eigenvalue weighted by atomic mass is 19.1. The summed E-state index contributed by atoms with van der Waals surface area (Å²) in [6.45, 7) is 4.14. The Morgan fingerprint density at radius 2 is 2.06 bits per heavy atom. The molecular weight excluding hydrogens is 221 g/mol. The summed E-state index contributed by atoms with van der Waals surface area (Å²) in [7, 11) is 1.35. The highest BCUT2D eigenvalue weighted by Crippen LogP contribution is 2.09. The van der Waals surface area contributed by atoms with Crippen LogP contribution in [-0.4, -0.2) is 19.1 Å². The maximum absolute atomic E-state index is 13.4. The van der Waals surface area contributed by atoms with Gasteiger partial charge in [-0.25, -0.2) is 4.39 Å². The molecule has 0 bridgehead atoms. The van der Waals surface area contributed by atoms with E-state index in [0.29, 0.717) is 12.1 Å². The molecule has 0 aliphatic carbocycles. The molecule has 3 nitrogen and oxygen atoms in total. The lowest BCUT2D eigenvalue weighted by Gasteiger charge is -2.19. The maximum Gasteiger partial charge on any atom is 0.323 e. The first-order valence-corrected chi connectivity index (χ1v) is 5.61. The molecule has 0 radical (unpaired) electrons. The van der Waals surface area contributed by atoms with Crippen molar-refractivity contribution in [1.82, 2.24) is 5.32 Å². The molecule has 1 aromatic rings. The van der Waals surface area contributed by atoms with E-state index in [1.807, 2.05) is 13.8 Å². The topological polar surface area (TPSA) is 38.3 Å². The normalized spacial score (nSPS) is 12.5. The van der Waals surface area contributed by atoms with Crippen LogP contribution in [0.25, 0.3) is 0 Å². The van der Waals surface area contributed by atoms with Crippen molar-refractivity contribution < 1.29 is 13.9 Å². The largest absolute Gasteiger partial charge is 0.468 e. The van der Waals surface area contributed by atoms with Gasteiger partial charge in [0.1, 0.15) is 11.9 Å². The zero-order valence-corrected chi connectivity index (χ0v) is 10.4. The van der Waals surface area contributed by atoms with E-state index in [1.54, 1.807) is 18.2 Å². The number of hydrogen-bond donors (Lipinski definition) is 1. The van der Waals surface area contributed by atoms with E-state index in [2.05, 4.69) is 5.32 Å². The van der Waals surface area contributed by atoms with Gasteiger partial charge >= 0.3 is 5.97 Å². The summed E-state index contributed by atoms with van der Waals surface area (Å²) in [4.78, 5) is 11.5. The van der Waals surface area contributed by atoms with Crippen LogP contribution < -0.4 is 5.32 Å². The monoisotopic (exact) mass is 239 g/mol. The van der Waals surface area contributed by atoms with Gasteiger partial charge in [-0.1, -0.05) is 32.0 Å². The van der Waals surface area contributed by atoms with Crippen molar-refractivity contribution in [3.63, 3.8) is 0 Å². The fourth-order valence-corrected chi connectivity index (χ4v) is 1.58. The Morgan fingerprint density at radius 1 is 1.41 bits per heavy atom. The quantitative estimate of drug-likeness (QED) is 0.800. The van der Waals surface area contributed by atoms with Crippen molar-refractivity contribution >= 4 is 5.97 Å². The van der Waals surface area contributed by atoms with E-state index in [0.717, 1.165) is 0 Å². The van der Waals surface area contributed by atoms with Gasteiger partial charge in [-0.3, -0.25) is 10.1 Å². The Balaban J connectivity index is 2.64. The molecule has 0 aliphatic rings. The average molecular weight is 239 g/mol. The maximum atomic E-state index is 13.4. The van der Waals surface area contributed by atoms with E-state index < -0.39 is 6.04 Å². The van der Waals surface area contributed by atoms with Crippen molar-refractivity contribution in [2.45, 2.75) is 26.4 Å². The number of halogens is 1. The van der Waals surface area contributed by atoms with Crippen LogP contribution in [0, 0.1) is 11.7 Å². The van der Waals surface area contributed by atoms with Crippen LogP contribution in [-0.2, 0) is 16.1 Å². The minimum absolute atomic E-state index is 0.0919. The molecule has 1 rings (SSSR count). The van der Waals surface area contributed by atoms with Gasteiger partial charge in [-0.05, 0) is 12.0 Å². The number of esters is 1. The van der Waals surface area contributed by atoms with Crippen molar-refractivity contribution in [3.8, 4) is 0 Å². The standard InChI is InChI=1S/C13H18FNO2/c1-9(2)12(13(16)17-3)15-8-10-6-4-5-7-11(10)14/h4-7,9,12,15H,8H2,1-3H3/t12-/m1/s1. The van der Waals surface area contributed by atoms with Gasteiger partial charge in [0.25, 0.3) is 0 Å². The van der Waals surface area contributed by atoms with Crippen molar-refractivity contribution in [3.05, 3.63) is 35.6 Å². The third-order valence-corrected chi connectivity index (χ3v) is 2.59. The Morgan fingerprint density at radius 3 is 2.59 bits per heavy atom. The number of carbonyl (C=O) groups is 1. The predicted octanol–water partition coefficient (Wildman–Crippen LogP) is 2.11. The van der Waals surface area contributed by atoms with E-state index in [4.69, 9.17) is 4.74 Å². The number of hydrogen-bond acceptors (Lipinski definition) is 3. The van der Waals surface area contributed by atoms with E-state index in [-0.39, 0.29) is 17.7 Å². The Hall–Kier alpha value is -1.42. The smallest absolute Gasteiger partial charge is 0.323 e. The van der Waals surface area contributed by atoms with Gasteiger partial charge in [-0.2, -0.15) is 0 Å². The first kappa shape index (κ1) is 13.6. The summed E-state index contributed by atoms with van der Waals surface area (Å²) in [6.07, 6.45) is 0. The van der Waals surface area contributed by atoms with Gasteiger partial charge in [0, 0.05) is 12.1 Å². The van der Waals surface area contributed by atoms with E-state index >= 15 is 0 Å². The molecule has 0 saturated carbocycles. The fourth-order valence-electron chi connectivity index (χ4n) is 1.58. The van der Waals surface area contributed by atoms with E-state index in [1.165, 1.54) is 13.2 Å². The molecule has 0 heterocycles. The second-order valence-corrected chi connectivity index (χ2v) is 4.22. The van der Waals surface area contributed by atoms with Crippen LogP contribution >= 0.6 is 0 Å². The van der Waals surface area contributed by atoms with Gasteiger partial charge in [0.15, 0.2) is 0 Å². The molecule has 94 valence electrons. The molecule has 0 fully saturated rings. The molecule has 0 aliphatic heterocycles. The van der Waals surface area contributed by atoms with Crippen molar-refractivity contribution in [2.75, 3.05) is 7.11 Å². The van der Waals surface area contributed by atoms with Crippen molar-refractivity contribution in [1.29, 1.82) is 0 Å². The van der Waals surface area contributed by atoms with Gasteiger partial charge < -0.3 is 4.74 Å². The first-order chi connectivity index (χ1) is 8.06. The Bertz CT molecular complexity index is 379. The first-order valence-electron chi connectivity index (χ1n) is 5.61. The van der Waals surface area contributed by atoms with Crippen LogP contribution in [0.15, 0.2) is 24.3 Å². The average Bonchev–Trinajstić information content (AvgIpc) is 2.30. The number of ether oxygens (including phenoxy) is 1. The molecule has 1 atom stereocenters. The summed E-state index contributed by atoms with van der Waals surface area (Å²) in [5.74, 6) is -0.502. The molecule has 0 saturated heterocycles. The lowest BCUT2D eigenvalue weighted by Crippen LogP contribution is -2.41. The lowest BCUT2D eigenvalue weighted by molar-refractivity contribution is -0.144. The molecule has 4 heteroatoms. The van der Waals surface area contributed by atoms with E-state index in [9.17, 15) is 9.18 Å². The van der Waals surface area contributed by atoms with Gasteiger partial charge in [0.05, 0.1) is 7.11 Å². The third-order valence-electron chi connectivity index (χ3n) is 2.59. The number of nitrogens with one attached hydrogen (secondary N) is 1. The minimum Gasteiger partial charge on any atom is -0.468 e. The SMILES string of the molecule is COC(=O)[C@H](NCc1ccccc1F)C(C)C. The van der Waals surface area contributed by atoms with Crippen LogP contribution in [0.1, 0.15) is 19.4 Å². The highest BCUT2D eigenvalue weighted by molar-refractivity contribution is 5.75. The van der Waals surface area contributed by atoms with Crippen LogP contribution in [0.3, 0.4) is 0 Å². The molecule has 17 heavy (non-hydrogen) atoms. The van der Waals surface area contributed by atoms with Gasteiger partial charge in [-0.15, -0.1) is 0 Å². The second-order valence-electron chi connectivity index (χ2n) is 4.22. The summed E-state index contributed by atoms with van der Waals surface area (Å²) in [6, 6.07) is 6.08. The third kappa shape index (κ3) is 3.82. The summed E-state index contributed by atoms with van der Waals surface area (Å²) in [5.41, 5.74) is 0.544. The molecule has 1 N–H and O–H groups in total. The van der Waals surface area contributed by atoms with Crippen molar-refractivity contribution in [2.24, 2.45) is 5.92 Å². The van der Waals surface area contributed by atoms with Gasteiger partial charge in [0.2, 0.25) is 0 Å². The zero-order chi connectivity index (χ0) is 12.8. The van der Waals surface area contributed by atoms with Crippen LogP contribution in [0.4, 0.5) is 4.39 Å². The number of carbonyl (C=O) groups excluding carboxylic acids is 1. The predicted molar refractivity (Wildman–Crippen MR) is 63.9 cm³/mol. The molecule has 0 amide bonds. The number of methoxy groups -OCH3 is 1. The molecule has 1 aromatic carbocycles. The van der Waals surface area contributed by atoms with Crippen LogP contribution in [0.2, 0.25) is 0 Å². The van der Waals surface area contributed by atoms with Crippen LogP contribution in [0.5, 0.6) is 0 Å². The molecule has 0 aromatic heterocycles. The number of rotatable bonds is 5. The second kappa shape index (κ2) is 6.35. The Labute approximate surface area is 101 Å². The highest BCUT2D eigenvalue weighted by Gasteiger charge is 2.22.